The van der Waals surface area contributed by atoms with Gasteiger partial charge >= 0.3 is 0 Å². The van der Waals surface area contributed by atoms with Gasteiger partial charge in [-0.25, -0.2) is 4.99 Å². The second kappa shape index (κ2) is 13.7. The number of piperidine rings is 1. The molecule has 0 bridgehead atoms. The van der Waals surface area contributed by atoms with Crippen LogP contribution in [0.5, 0.6) is 0 Å². The topological polar surface area (TPSA) is 91.0 Å². The van der Waals surface area contributed by atoms with E-state index in [0.29, 0.717) is 6.42 Å². The first kappa shape index (κ1) is 25.5. The molecule has 1 unspecified atom stereocenters. The van der Waals surface area contributed by atoms with Crippen molar-refractivity contribution in [1.29, 1.82) is 0 Å². The number of benzene rings is 1. The van der Waals surface area contributed by atoms with E-state index in [4.69, 9.17) is 5.73 Å². The fourth-order valence-electron chi connectivity index (χ4n) is 3.11. The molecule has 1 fully saturated rings. The number of guanidine groups is 1. The summed E-state index contributed by atoms with van der Waals surface area (Å²) < 4.78 is 0. The number of carbonyl (C=O) groups excluding carboxylic acids is 2. The summed E-state index contributed by atoms with van der Waals surface area (Å²) in [5.41, 5.74) is 5.37. The maximum Gasteiger partial charge on any atom is 0.243 e. The third-order valence-corrected chi connectivity index (χ3v) is 5.58. The molecule has 0 aliphatic carbocycles. The molecule has 1 aromatic carbocycles. The molecule has 1 heterocycles. The Balaban J connectivity index is 0.00000420. The fraction of sp³-hybridized carbons (Fsp3) is 0.550. The Morgan fingerprint density at radius 3 is 2.69 bits per heavy atom. The van der Waals surface area contributed by atoms with E-state index in [2.05, 4.69) is 27.3 Å². The summed E-state index contributed by atoms with van der Waals surface area (Å²) in [6, 6.07) is 10.3. The highest BCUT2D eigenvalue weighted by atomic mass is 127. The van der Waals surface area contributed by atoms with Crippen molar-refractivity contribution in [3.05, 3.63) is 30.3 Å². The summed E-state index contributed by atoms with van der Waals surface area (Å²) >= 11 is 1.77. The fourth-order valence-corrected chi connectivity index (χ4v) is 3.90. The van der Waals surface area contributed by atoms with Crippen LogP contribution >= 0.6 is 35.7 Å². The van der Waals surface area contributed by atoms with Crippen molar-refractivity contribution in [2.24, 2.45) is 16.6 Å². The molecule has 1 atom stereocenters. The Labute approximate surface area is 194 Å². The minimum Gasteiger partial charge on any atom is -0.370 e. The SMILES string of the molecule is CN(C)C(=O)CN=C(NCCSc1ccccc1)N1CCCC(CC(N)=O)C1.I. The van der Waals surface area contributed by atoms with Gasteiger partial charge in [0.25, 0.3) is 0 Å². The van der Waals surface area contributed by atoms with Gasteiger partial charge in [-0.15, -0.1) is 35.7 Å². The number of aliphatic imine (C=N–C) groups is 1. The Morgan fingerprint density at radius 2 is 2.03 bits per heavy atom. The average molecular weight is 533 g/mol. The predicted octanol–water partition coefficient (Wildman–Crippen LogP) is 2.02. The Bertz CT molecular complexity index is 672. The van der Waals surface area contributed by atoms with Crippen LogP contribution in [0.25, 0.3) is 0 Å². The van der Waals surface area contributed by atoms with Crippen molar-refractivity contribution in [1.82, 2.24) is 15.1 Å². The van der Waals surface area contributed by atoms with Gasteiger partial charge in [0, 0.05) is 50.8 Å². The van der Waals surface area contributed by atoms with Crippen LogP contribution < -0.4 is 11.1 Å². The quantitative estimate of drug-likeness (QED) is 0.176. The van der Waals surface area contributed by atoms with Gasteiger partial charge in [0.15, 0.2) is 5.96 Å². The first-order valence-electron chi connectivity index (χ1n) is 9.65. The maximum absolute atomic E-state index is 12.0. The van der Waals surface area contributed by atoms with E-state index >= 15 is 0 Å². The number of hydrogen-bond donors (Lipinski definition) is 2. The first-order valence-corrected chi connectivity index (χ1v) is 10.6. The van der Waals surface area contributed by atoms with Gasteiger partial charge in [0.05, 0.1) is 0 Å². The minimum absolute atomic E-state index is 0. The number of carbonyl (C=O) groups is 2. The summed E-state index contributed by atoms with van der Waals surface area (Å²) in [5.74, 6) is 1.56. The molecule has 2 rings (SSSR count). The zero-order chi connectivity index (χ0) is 20.4. The molecule has 1 saturated heterocycles. The van der Waals surface area contributed by atoms with Crippen LogP contribution in [0.15, 0.2) is 40.2 Å². The summed E-state index contributed by atoms with van der Waals surface area (Å²) in [6.45, 7) is 2.45. The van der Waals surface area contributed by atoms with Crippen molar-refractivity contribution in [3.8, 4) is 0 Å². The third kappa shape index (κ3) is 9.70. The molecular formula is C20H32IN5O2S. The molecule has 1 aliphatic heterocycles. The Hall–Kier alpha value is -1.49. The van der Waals surface area contributed by atoms with E-state index in [1.807, 2.05) is 18.2 Å². The van der Waals surface area contributed by atoms with Gasteiger partial charge in [-0.3, -0.25) is 9.59 Å². The van der Waals surface area contributed by atoms with E-state index in [1.165, 1.54) is 4.90 Å². The number of nitrogens with one attached hydrogen (secondary N) is 1. The summed E-state index contributed by atoms with van der Waals surface area (Å²) in [5, 5.41) is 3.40. The minimum atomic E-state index is -0.264. The number of amides is 2. The number of primary amides is 1. The number of thioether (sulfide) groups is 1. The van der Waals surface area contributed by atoms with E-state index < -0.39 is 0 Å². The first-order chi connectivity index (χ1) is 13.5. The maximum atomic E-state index is 12.0. The normalized spacial score (nSPS) is 16.7. The van der Waals surface area contributed by atoms with Crippen LogP contribution in [0.2, 0.25) is 0 Å². The highest BCUT2D eigenvalue weighted by Crippen LogP contribution is 2.20. The smallest absolute Gasteiger partial charge is 0.243 e. The molecule has 0 radical (unpaired) electrons. The molecule has 0 spiro atoms. The van der Waals surface area contributed by atoms with Gasteiger partial charge in [-0.1, -0.05) is 18.2 Å². The molecular weight excluding hydrogens is 501 g/mol. The van der Waals surface area contributed by atoms with E-state index in [1.54, 1.807) is 30.8 Å². The van der Waals surface area contributed by atoms with Gasteiger partial charge in [0.2, 0.25) is 11.8 Å². The number of likely N-dealkylation sites (N-methyl/N-ethyl adjacent to an activating group) is 1. The van der Waals surface area contributed by atoms with Crippen LogP contribution in [0.4, 0.5) is 0 Å². The lowest BCUT2D eigenvalue weighted by atomic mass is 9.95. The van der Waals surface area contributed by atoms with Crippen molar-refractivity contribution in [3.63, 3.8) is 0 Å². The van der Waals surface area contributed by atoms with Crippen molar-refractivity contribution in [2.75, 3.05) is 46.0 Å². The van der Waals surface area contributed by atoms with E-state index in [-0.39, 0.29) is 48.3 Å². The monoisotopic (exact) mass is 533 g/mol. The number of halogens is 1. The number of rotatable bonds is 8. The average Bonchev–Trinajstić information content (AvgIpc) is 2.67. The van der Waals surface area contributed by atoms with Crippen LogP contribution in [-0.4, -0.2) is 73.6 Å². The molecule has 0 aromatic heterocycles. The zero-order valence-corrected chi connectivity index (χ0v) is 20.3. The molecule has 0 saturated carbocycles. The second-order valence-electron chi connectivity index (χ2n) is 7.14. The van der Waals surface area contributed by atoms with Crippen molar-refractivity contribution in [2.45, 2.75) is 24.2 Å². The highest BCUT2D eigenvalue weighted by Gasteiger charge is 2.24. The Morgan fingerprint density at radius 1 is 1.31 bits per heavy atom. The van der Waals surface area contributed by atoms with Crippen molar-refractivity contribution < 1.29 is 9.59 Å². The van der Waals surface area contributed by atoms with Crippen LogP contribution in [0, 0.1) is 5.92 Å². The van der Waals surface area contributed by atoms with Gasteiger partial charge in [-0.2, -0.15) is 0 Å². The summed E-state index contributed by atoms with van der Waals surface area (Å²) in [6.07, 6.45) is 2.37. The number of nitrogens with zero attached hydrogens (tertiary/aromatic N) is 3. The summed E-state index contributed by atoms with van der Waals surface area (Å²) in [7, 11) is 3.45. The molecule has 9 heteroatoms. The van der Waals surface area contributed by atoms with E-state index in [9.17, 15) is 9.59 Å². The van der Waals surface area contributed by atoms with E-state index in [0.717, 1.165) is 44.2 Å². The molecule has 162 valence electrons. The predicted molar refractivity (Wildman–Crippen MR) is 130 cm³/mol. The van der Waals surface area contributed by atoms with Crippen LogP contribution in [0.3, 0.4) is 0 Å². The molecule has 2 amide bonds. The molecule has 29 heavy (non-hydrogen) atoms. The van der Waals surface area contributed by atoms with Gasteiger partial charge in [-0.05, 0) is 30.9 Å². The van der Waals surface area contributed by atoms with Crippen LogP contribution in [0.1, 0.15) is 19.3 Å². The molecule has 7 nitrogen and oxygen atoms in total. The largest absolute Gasteiger partial charge is 0.370 e. The third-order valence-electron chi connectivity index (χ3n) is 4.57. The Kier molecular flexibility index (Phi) is 12.1. The van der Waals surface area contributed by atoms with Crippen molar-refractivity contribution >= 4 is 53.5 Å². The number of hydrogen-bond acceptors (Lipinski definition) is 4. The highest BCUT2D eigenvalue weighted by molar-refractivity contribution is 14.0. The lowest BCUT2D eigenvalue weighted by Gasteiger charge is -2.34. The molecule has 1 aliphatic rings. The van der Waals surface area contributed by atoms with Gasteiger partial charge in [0.1, 0.15) is 6.54 Å². The van der Waals surface area contributed by atoms with Crippen LogP contribution in [-0.2, 0) is 9.59 Å². The second-order valence-corrected chi connectivity index (χ2v) is 8.31. The number of nitrogens with two attached hydrogens (primary N) is 1. The molecule has 1 aromatic rings. The van der Waals surface area contributed by atoms with Gasteiger partial charge < -0.3 is 20.9 Å². The zero-order valence-electron chi connectivity index (χ0n) is 17.2. The summed E-state index contributed by atoms with van der Waals surface area (Å²) in [4.78, 5) is 32.7. The molecule has 3 N–H and O–H groups in total. The standard InChI is InChI=1S/C20H31N5O2S.HI/c1-24(2)19(27)14-23-20(22-10-12-28-17-8-4-3-5-9-17)25-11-6-7-16(15-25)13-18(21)26;/h3-5,8-9,16H,6-7,10-15H2,1-2H3,(H2,21,26)(H,22,23);1H. The number of likely N-dealkylation sites (tertiary alicyclic amines) is 1. The lowest BCUT2D eigenvalue weighted by Crippen LogP contribution is -2.48. The lowest BCUT2D eigenvalue weighted by molar-refractivity contribution is -0.127.